The lowest BCUT2D eigenvalue weighted by atomic mass is 10.0. The summed E-state index contributed by atoms with van der Waals surface area (Å²) in [7, 11) is -1.41. The van der Waals surface area contributed by atoms with E-state index in [9.17, 15) is 18.0 Å². The van der Waals surface area contributed by atoms with E-state index in [1.54, 1.807) is 30.3 Å². The van der Waals surface area contributed by atoms with Crippen molar-refractivity contribution in [3.05, 3.63) is 119 Å². The number of carbonyl (C=O) groups excluding carboxylic acids is 2. The molecule has 11 heteroatoms. The molecule has 4 aromatic rings. The van der Waals surface area contributed by atoms with Gasteiger partial charge in [0.2, 0.25) is 11.8 Å². The number of nitrogens with one attached hydrogen (secondary N) is 1. The van der Waals surface area contributed by atoms with Gasteiger partial charge in [-0.1, -0.05) is 90.4 Å². The Hall–Kier alpha value is -4.35. The first-order valence-electron chi connectivity index (χ1n) is 15.2. The lowest BCUT2D eigenvalue weighted by molar-refractivity contribution is -0.140. The summed E-state index contributed by atoms with van der Waals surface area (Å²) < 4.78 is 41.4. The van der Waals surface area contributed by atoms with Crippen LogP contribution in [-0.4, -0.2) is 58.5 Å². The standard InChI is InChI=1S/C36H40BrN3O6S/c1-26(2)23-38-36(42)33(21-27-12-7-5-8-13-27)39(24-28-14-11-15-29(37)20-28)35(41)25-40(47(43,44)31-16-9-6-10-17-31)32-22-30(45-3)18-19-34(32)46-4/h5-20,22,26,33H,21,23-25H2,1-4H3,(H,38,42)/t33-/m1/s1. The minimum Gasteiger partial charge on any atom is -0.497 e. The van der Waals surface area contributed by atoms with Crippen molar-refractivity contribution in [1.29, 1.82) is 0 Å². The molecule has 47 heavy (non-hydrogen) atoms. The molecule has 0 spiro atoms. The van der Waals surface area contributed by atoms with Gasteiger partial charge in [0.25, 0.3) is 10.0 Å². The average Bonchev–Trinajstić information content (AvgIpc) is 3.08. The Balaban J connectivity index is 1.85. The molecule has 4 aromatic carbocycles. The first-order chi connectivity index (χ1) is 22.5. The number of carbonyl (C=O) groups is 2. The Kier molecular flexibility index (Phi) is 12.4. The minimum absolute atomic E-state index is 0.00766. The van der Waals surface area contributed by atoms with E-state index >= 15 is 0 Å². The van der Waals surface area contributed by atoms with Crippen LogP contribution in [0.2, 0.25) is 0 Å². The highest BCUT2D eigenvalue weighted by Crippen LogP contribution is 2.36. The second-order valence-electron chi connectivity index (χ2n) is 11.4. The molecule has 9 nitrogen and oxygen atoms in total. The van der Waals surface area contributed by atoms with Crippen molar-refractivity contribution < 1.29 is 27.5 Å². The van der Waals surface area contributed by atoms with Gasteiger partial charge in [-0.3, -0.25) is 13.9 Å². The predicted octanol–water partition coefficient (Wildman–Crippen LogP) is 6.07. The Morgan fingerprint density at radius 1 is 0.830 bits per heavy atom. The van der Waals surface area contributed by atoms with Crippen molar-refractivity contribution >= 4 is 43.5 Å². The second kappa shape index (κ2) is 16.5. The van der Waals surface area contributed by atoms with Crippen molar-refractivity contribution in [2.24, 2.45) is 5.92 Å². The number of amides is 2. The number of halogens is 1. The molecule has 248 valence electrons. The van der Waals surface area contributed by atoms with Crippen LogP contribution in [0.4, 0.5) is 5.69 Å². The molecular weight excluding hydrogens is 682 g/mol. The maximum Gasteiger partial charge on any atom is 0.264 e. The van der Waals surface area contributed by atoms with Crippen LogP contribution in [0.1, 0.15) is 25.0 Å². The number of ether oxygens (including phenoxy) is 2. The van der Waals surface area contributed by atoms with E-state index in [2.05, 4.69) is 21.2 Å². The van der Waals surface area contributed by atoms with Crippen LogP contribution in [0.15, 0.2) is 112 Å². The molecule has 0 fully saturated rings. The number of hydrogen-bond acceptors (Lipinski definition) is 6. The van der Waals surface area contributed by atoms with Crippen molar-refractivity contribution in [3.63, 3.8) is 0 Å². The Bertz CT molecular complexity index is 1750. The fourth-order valence-corrected chi connectivity index (χ4v) is 6.92. The topological polar surface area (TPSA) is 105 Å². The molecule has 0 aromatic heterocycles. The molecule has 0 aliphatic heterocycles. The quantitative estimate of drug-likeness (QED) is 0.160. The van der Waals surface area contributed by atoms with Gasteiger partial charge in [-0.25, -0.2) is 8.42 Å². The zero-order valence-electron chi connectivity index (χ0n) is 26.9. The number of nitrogens with zero attached hydrogens (tertiary/aromatic N) is 2. The highest BCUT2D eigenvalue weighted by molar-refractivity contribution is 9.10. The molecule has 0 saturated heterocycles. The van der Waals surface area contributed by atoms with Crippen LogP contribution < -0.4 is 19.1 Å². The lowest BCUT2D eigenvalue weighted by Crippen LogP contribution is -2.53. The van der Waals surface area contributed by atoms with Gasteiger partial charge in [0, 0.05) is 30.0 Å². The maximum atomic E-state index is 14.7. The van der Waals surface area contributed by atoms with Gasteiger partial charge in [0.1, 0.15) is 24.1 Å². The van der Waals surface area contributed by atoms with Crippen molar-refractivity contribution in [3.8, 4) is 11.5 Å². The third-order valence-corrected chi connectivity index (χ3v) is 9.73. The van der Waals surface area contributed by atoms with Crippen molar-refractivity contribution in [2.75, 3.05) is 31.6 Å². The Morgan fingerprint density at radius 2 is 1.49 bits per heavy atom. The number of rotatable bonds is 15. The summed E-state index contributed by atoms with van der Waals surface area (Å²) >= 11 is 3.51. The third-order valence-electron chi connectivity index (χ3n) is 7.46. The molecule has 1 N–H and O–H groups in total. The molecule has 4 rings (SSSR count). The van der Waals surface area contributed by atoms with E-state index in [0.717, 1.165) is 19.9 Å². The normalized spacial score (nSPS) is 11.9. The largest absolute Gasteiger partial charge is 0.497 e. The molecule has 0 aliphatic carbocycles. The summed E-state index contributed by atoms with van der Waals surface area (Å²) in [5.74, 6) is -0.121. The monoisotopic (exact) mass is 721 g/mol. The SMILES string of the molecule is COc1ccc(OC)c(N(CC(=O)N(Cc2cccc(Br)c2)[C@H](Cc2ccccc2)C(=O)NCC(C)C)S(=O)(=O)c2ccccc2)c1. The summed E-state index contributed by atoms with van der Waals surface area (Å²) in [6, 6.07) is 28.6. The van der Waals surface area contributed by atoms with Gasteiger partial charge in [0.05, 0.1) is 24.8 Å². The molecule has 2 amide bonds. The number of methoxy groups -OCH3 is 2. The van der Waals surface area contributed by atoms with Gasteiger partial charge < -0.3 is 19.7 Å². The summed E-state index contributed by atoms with van der Waals surface area (Å²) in [6.45, 7) is 3.84. The number of benzene rings is 4. The summed E-state index contributed by atoms with van der Waals surface area (Å²) in [6.07, 6.45) is 0.221. The molecule has 0 saturated carbocycles. The van der Waals surface area contributed by atoms with Crippen LogP contribution in [0.3, 0.4) is 0 Å². The van der Waals surface area contributed by atoms with Crippen LogP contribution in [0, 0.1) is 5.92 Å². The fourth-order valence-electron chi connectivity index (χ4n) is 5.03. The molecular formula is C36H40BrN3O6S. The molecule has 1 atom stereocenters. The Labute approximate surface area is 285 Å². The van der Waals surface area contributed by atoms with Crippen LogP contribution in [0.5, 0.6) is 11.5 Å². The highest BCUT2D eigenvalue weighted by atomic mass is 79.9. The first-order valence-corrected chi connectivity index (χ1v) is 17.4. The van der Waals surface area contributed by atoms with Crippen LogP contribution in [-0.2, 0) is 32.6 Å². The number of hydrogen-bond donors (Lipinski definition) is 1. The van der Waals surface area contributed by atoms with Crippen LogP contribution in [0.25, 0.3) is 0 Å². The lowest BCUT2D eigenvalue weighted by Gasteiger charge is -2.34. The molecule has 0 unspecified atom stereocenters. The highest BCUT2D eigenvalue weighted by Gasteiger charge is 2.35. The zero-order valence-corrected chi connectivity index (χ0v) is 29.3. The van der Waals surface area contributed by atoms with Gasteiger partial charge in [0.15, 0.2) is 0 Å². The zero-order chi connectivity index (χ0) is 34.0. The van der Waals surface area contributed by atoms with Crippen molar-refractivity contribution in [1.82, 2.24) is 10.2 Å². The Morgan fingerprint density at radius 3 is 2.11 bits per heavy atom. The minimum atomic E-state index is -4.30. The molecule has 0 radical (unpaired) electrons. The van der Waals surface area contributed by atoms with Gasteiger partial charge in [-0.2, -0.15) is 0 Å². The fraction of sp³-hybridized carbons (Fsp3) is 0.278. The average molecular weight is 723 g/mol. The summed E-state index contributed by atoms with van der Waals surface area (Å²) in [5.41, 5.74) is 1.74. The number of anilines is 1. The van der Waals surface area contributed by atoms with Gasteiger partial charge in [-0.15, -0.1) is 0 Å². The smallest absolute Gasteiger partial charge is 0.264 e. The van der Waals surface area contributed by atoms with E-state index in [-0.39, 0.29) is 41.1 Å². The summed E-state index contributed by atoms with van der Waals surface area (Å²) in [5, 5.41) is 3.00. The molecule has 0 aliphatic rings. The van der Waals surface area contributed by atoms with Gasteiger partial charge in [-0.05, 0) is 53.4 Å². The van der Waals surface area contributed by atoms with E-state index in [1.807, 2.05) is 68.4 Å². The van der Waals surface area contributed by atoms with E-state index < -0.39 is 28.5 Å². The van der Waals surface area contributed by atoms with E-state index in [1.165, 1.54) is 37.3 Å². The summed E-state index contributed by atoms with van der Waals surface area (Å²) in [4.78, 5) is 30.1. The van der Waals surface area contributed by atoms with Crippen LogP contribution >= 0.6 is 15.9 Å². The van der Waals surface area contributed by atoms with E-state index in [4.69, 9.17) is 9.47 Å². The molecule has 0 bridgehead atoms. The third kappa shape index (κ3) is 9.36. The van der Waals surface area contributed by atoms with Crippen molar-refractivity contribution in [2.45, 2.75) is 37.8 Å². The molecule has 0 heterocycles. The second-order valence-corrected chi connectivity index (χ2v) is 14.1. The first kappa shape index (κ1) is 35.5. The maximum absolute atomic E-state index is 14.7. The van der Waals surface area contributed by atoms with E-state index in [0.29, 0.717) is 12.3 Å². The van der Waals surface area contributed by atoms with Gasteiger partial charge >= 0.3 is 0 Å². The predicted molar refractivity (Wildman–Crippen MR) is 187 cm³/mol. The number of sulfonamides is 1.